The van der Waals surface area contributed by atoms with Gasteiger partial charge in [0.05, 0.1) is 17.8 Å². The molecular weight excluding hydrogens is 232 g/mol. The lowest BCUT2D eigenvalue weighted by Crippen LogP contribution is -2.01. The van der Waals surface area contributed by atoms with Gasteiger partial charge in [0.2, 0.25) is 0 Å². The monoisotopic (exact) mass is 242 g/mol. The minimum Gasteiger partial charge on any atom is -0.358 e. The third kappa shape index (κ3) is 2.35. The molecule has 0 fully saturated rings. The van der Waals surface area contributed by atoms with Crippen LogP contribution in [0.5, 0.6) is 0 Å². The summed E-state index contributed by atoms with van der Waals surface area (Å²) in [4.78, 5) is 10.0. The van der Waals surface area contributed by atoms with Crippen molar-refractivity contribution in [3.63, 3.8) is 0 Å². The molecule has 0 radical (unpaired) electrons. The van der Waals surface area contributed by atoms with Crippen molar-refractivity contribution >= 4 is 5.82 Å². The summed E-state index contributed by atoms with van der Waals surface area (Å²) < 4.78 is 1.40. The molecule has 6 nitrogen and oxygen atoms in total. The summed E-state index contributed by atoms with van der Waals surface area (Å²) in [6, 6.07) is 9.53. The van der Waals surface area contributed by atoms with E-state index in [0.29, 0.717) is 6.54 Å². The van der Waals surface area contributed by atoms with Crippen LogP contribution in [0.25, 0.3) is 0 Å². The molecule has 0 N–H and O–H groups in total. The zero-order chi connectivity index (χ0) is 13.1. The summed E-state index contributed by atoms with van der Waals surface area (Å²) in [6.45, 7) is 2.39. The number of aromatic nitrogens is 2. The summed E-state index contributed by atoms with van der Waals surface area (Å²) in [7, 11) is 0. The van der Waals surface area contributed by atoms with Crippen LogP contribution in [-0.4, -0.2) is 14.7 Å². The Kier molecular flexibility index (Phi) is 3.06. The Balaban J connectivity index is 2.28. The first-order chi connectivity index (χ1) is 8.60. The number of hydrogen-bond acceptors (Lipinski definition) is 4. The molecule has 1 aromatic heterocycles. The molecule has 0 aliphatic heterocycles. The molecule has 0 saturated heterocycles. The number of nitro groups is 1. The molecule has 0 amide bonds. The predicted octanol–water partition coefficient (Wildman–Crippen LogP) is 2.02. The average Bonchev–Trinajstić information content (AvgIpc) is 2.75. The molecule has 6 heteroatoms. The molecule has 2 rings (SSSR count). The second-order valence-electron chi connectivity index (χ2n) is 3.92. The maximum absolute atomic E-state index is 10.7. The standard InChI is InChI=1S/C12H10N4O2/c1-9-2-4-10(5-3-9)7-15-8-11(6-13)12(14-15)16(17)18/h2-5,8H,7H2,1H3. The van der Waals surface area contributed by atoms with Crippen LogP contribution in [-0.2, 0) is 6.54 Å². The van der Waals surface area contributed by atoms with Gasteiger partial charge >= 0.3 is 5.82 Å². The normalized spacial score (nSPS) is 10.0. The average molecular weight is 242 g/mol. The topological polar surface area (TPSA) is 84.8 Å². The summed E-state index contributed by atoms with van der Waals surface area (Å²) in [5.41, 5.74) is 2.09. The fourth-order valence-electron chi connectivity index (χ4n) is 1.59. The number of hydrogen-bond donors (Lipinski definition) is 0. The largest absolute Gasteiger partial charge is 0.407 e. The Morgan fingerprint density at radius 3 is 2.61 bits per heavy atom. The smallest absolute Gasteiger partial charge is 0.358 e. The highest BCUT2D eigenvalue weighted by Crippen LogP contribution is 2.15. The van der Waals surface area contributed by atoms with E-state index in [9.17, 15) is 10.1 Å². The minimum absolute atomic E-state index is 0.0212. The van der Waals surface area contributed by atoms with Crippen molar-refractivity contribution in [1.29, 1.82) is 5.26 Å². The summed E-state index contributed by atoms with van der Waals surface area (Å²) in [5, 5.41) is 23.2. The molecule has 0 saturated carbocycles. The second-order valence-corrected chi connectivity index (χ2v) is 3.92. The quantitative estimate of drug-likeness (QED) is 0.608. The molecule has 1 aromatic carbocycles. The molecule has 0 spiro atoms. The zero-order valence-electron chi connectivity index (χ0n) is 9.70. The van der Waals surface area contributed by atoms with Crippen LogP contribution in [0, 0.1) is 28.4 Å². The van der Waals surface area contributed by atoms with Gasteiger partial charge in [-0.2, -0.15) is 9.94 Å². The highest BCUT2D eigenvalue weighted by atomic mass is 16.6. The Bertz CT molecular complexity index is 623. The fourth-order valence-corrected chi connectivity index (χ4v) is 1.59. The van der Waals surface area contributed by atoms with E-state index in [2.05, 4.69) is 5.10 Å². The van der Waals surface area contributed by atoms with Crippen molar-refractivity contribution in [3.05, 3.63) is 57.3 Å². The van der Waals surface area contributed by atoms with E-state index in [1.165, 1.54) is 10.9 Å². The summed E-state index contributed by atoms with van der Waals surface area (Å²) >= 11 is 0. The van der Waals surface area contributed by atoms with Crippen LogP contribution in [0.1, 0.15) is 16.7 Å². The van der Waals surface area contributed by atoms with Gasteiger partial charge in [-0.15, -0.1) is 0 Å². The molecular formula is C12H10N4O2. The number of nitriles is 1. The first kappa shape index (κ1) is 11.8. The predicted molar refractivity (Wildman–Crippen MR) is 63.9 cm³/mol. The Morgan fingerprint density at radius 1 is 1.44 bits per heavy atom. The van der Waals surface area contributed by atoms with Gasteiger partial charge in [0, 0.05) is 0 Å². The highest BCUT2D eigenvalue weighted by Gasteiger charge is 2.20. The van der Waals surface area contributed by atoms with Crippen molar-refractivity contribution in [3.8, 4) is 6.07 Å². The van der Waals surface area contributed by atoms with Crippen molar-refractivity contribution in [2.75, 3.05) is 0 Å². The van der Waals surface area contributed by atoms with Gasteiger partial charge in [-0.3, -0.25) is 0 Å². The van der Waals surface area contributed by atoms with E-state index in [4.69, 9.17) is 5.26 Å². The van der Waals surface area contributed by atoms with Crippen molar-refractivity contribution in [2.24, 2.45) is 0 Å². The molecule has 1 heterocycles. The lowest BCUT2D eigenvalue weighted by molar-refractivity contribution is -0.390. The van der Waals surface area contributed by atoms with Crippen LogP contribution in [0.15, 0.2) is 30.5 Å². The maximum Gasteiger partial charge on any atom is 0.407 e. The zero-order valence-corrected chi connectivity index (χ0v) is 9.70. The Hall–Kier alpha value is -2.68. The lowest BCUT2D eigenvalue weighted by atomic mass is 10.1. The molecule has 0 bridgehead atoms. The molecule has 0 aliphatic rings. The van der Waals surface area contributed by atoms with E-state index < -0.39 is 10.7 Å². The first-order valence-corrected chi connectivity index (χ1v) is 5.27. The highest BCUT2D eigenvalue weighted by molar-refractivity contribution is 5.41. The molecule has 0 unspecified atom stereocenters. The van der Waals surface area contributed by atoms with Gasteiger partial charge in [-0.1, -0.05) is 29.8 Å². The molecule has 0 aliphatic carbocycles. The van der Waals surface area contributed by atoms with Gasteiger partial charge in [0.25, 0.3) is 0 Å². The van der Waals surface area contributed by atoms with Gasteiger partial charge in [0.1, 0.15) is 6.07 Å². The SMILES string of the molecule is Cc1ccc(Cn2cc(C#N)c([N+](=O)[O-])n2)cc1. The molecule has 18 heavy (non-hydrogen) atoms. The van der Waals surface area contributed by atoms with Crippen LogP contribution < -0.4 is 0 Å². The van der Waals surface area contributed by atoms with Crippen LogP contribution in [0.3, 0.4) is 0 Å². The second kappa shape index (κ2) is 4.67. The van der Waals surface area contributed by atoms with Gasteiger partial charge in [-0.25, -0.2) is 0 Å². The molecule has 2 aromatic rings. The lowest BCUT2D eigenvalue weighted by Gasteiger charge is -1.98. The van der Waals surface area contributed by atoms with E-state index in [1.54, 1.807) is 6.07 Å². The number of rotatable bonds is 3. The van der Waals surface area contributed by atoms with Crippen molar-refractivity contribution in [1.82, 2.24) is 9.78 Å². The third-order valence-electron chi connectivity index (χ3n) is 2.50. The first-order valence-electron chi connectivity index (χ1n) is 5.27. The third-order valence-corrected chi connectivity index (χ3v) is 2.50. The van der Waals surface area contributed by atoms with Crippen LogP contribution >= 0.6 is 0 Å². The maximum atomic E-state index is 10.7. The number of nitrogens with zero attached hydrogens (tertiary/aromatic N) is 4. The van der Waals surface area contributed by atoms with Crippen molar-refractivity contribution in [2.45, 2.75) is 13.5 Å². The van der Waals surface area contributed by atoms with E-state index >= 15 is 0 Å². The minimum atomic E-state index is -0.649. The van der Waals surface area contributed by atoms with E-state index in [0.717, 1.165) is 11.1 Å². The molecule has 0 atom stereocenters. The molecule has 90 valence electrons. The van der Waals surface area contributed by atoms with Gasteiger partial charge in [0.15, 0.2) is 5.56 Å². The van der Waals surface area contributed by atoms with Gasteiger partial charge < -0.3 is 10.1 Å². The van der Waals surface area contributed by atoms with Crippen LogP contribution in [0.4, 0.5) is 5.82 Å². The van der Waals surface area contributed by atoms with E-state index in [1.807, 2.05) is 31.2 Å². The van der Waals surface area contributed by atoms with E-state index in [-0.39, 0.29) is 5.56 Å². The van der Waals surface area contributed by atoms with Crippen LogP contribution in [0.2, 0.25) is 0 Å². The Labute approximate surface area is 103 Å². The summed E-state index contributed by atoms with van der Waals surface area (Å²) in [5.74, 6) is -0.399. The van der Waals surface area contributed by atoms with Gasteiger partial charge in [-0.05, 0) is 17.4 Å². The van der Waals surface area contributed by atoms with Crippen molar-refractivity contribution < 1.29 is 4.92 Å². The summed E-state index contributed by atoms with van der Waals surface area (Å²) in [6.07, 6.45) is 1.39. The number of benzene rings is 1. The Morgan fingerprint density at radius 2 is 2.11 bits per heavy atom. The number of aryl methyl sites for hydroxylation is 1. The fraction of sp³-hybridized carbons (Fsp3) is 0.167.